The van der Waals surface area contributed by atoms with E-state index in [4.69, 9.17) is 9.29 Å². The Kier molecular flexibility index (Phi) is 4.82. The molecule has 5 nitrogen and oxygen atoms in total. The van der Waals surface area contributed by atoms with E-state index in [0.717, 1.165) is 26.2 Å². The van der Waals surface area contributed by atoms with Crippen molar-refractivity contribution in [3.05, 3.63) is 0 Å². The van der Waals surface area contributed by atoms with E-state index in [1.807, 2.05) is 0 Å². The standard InChI is InChI=1S/C7H16N2O3S/c1-12-7-6-8-2-4-9(5-3-8)13(10)11/h2-7H2,1H3,(H,10,11). The Morgan fingerprint density at radius 3 is 2.46 bits per heavy atom. The molecule has 1 aliphatic heterocycles. The maximum atomic E-state index is 10.7. The molecule has 1 N–H and O–H groups in total. The fraction of sp³-hybridized carbons (Fsp3) is 1.00. The maximum Gasteiger partial charge on any atom is 0.234 e. The number of hydrogen-bond donors (Lipinski definition) is 1. The van der Waals surface area contributed by atoms with Crippen LogP contribution < -0.4 is 0 Å². The predicted octanol–water partition coefficient (Wildman–Crippen LogP) is -0.613. The van der Waals surface area contributed by atoms with Gasteiger partial charge in [-0.3, -0.25) is 9.45 Å². The van der Waals surface area contributed by atoms with Crippen LogP contribution in [0.2, 0.25) is 0 Å². The Labute approximate surface area is 81.1 Å². The molecular weight excluding hydrogens is 192 g/mol. The first-order valence-corrected chi connectivity index (χ1v) is 5.37. The Morgan fingerprint density at radius 1 is 1.38 bits per heavy atom. The van der Waals surface area contributed by atoms with Crippen molar-refractivity contribution in [2.75, 3.05) is 46.4 Å². The number of rotatable bonds is 4. The highest BCUT2D eigenvalue weighted by molar-refractivity contribution is 7.76. The maximum absolute atomic E-state index is 10.7. The van der Waals surface area contributed by atoms with Crippen LogP contribution in [-0.4, -0.2) is 64.4 Å². The SMILES string of the molecule is COCCN1CCN(S(=O)O)CC1. The average Bonchev–Trinajstić information content (AvgIpc) is 2.15. The van der Waals surface area contributed by atoms with Crippen LogP contribution in [0, 0.1) is 0 Å². The van der Waals surface area contributed by atoms with Gasteiger partial charge in [-0.05, 0) is 0 Å². The molecule has 78 valence electrons. The minimum Gasteiger partial charge on any atom is -0.383 e. The molecule has 0 amide bonds. The van der Waals surface area contributed by atoms with Crippen molar-refractivity contribution in [1.29, 1.82) is 0 Å². The van der Waals surface area contributed by atoms with Crippen LogP contribution in [0.1, 0.15) is 0 Å². The van der Waals surface area contributed by atoms with Gasteiger partial charge in [0, 0.05) is 39.8 Å². The van der Waals surface area contributed by atoms with Crippen molar-refractivity contribution in [3.8, 4) is 0 Å². The largest absolute Gasteiger partial charge is 0.383 e. The fourth-order valence-corrected chi connectivity index (χ4v) is 1.81. The summed E-state index contributed by atoms with van der Waals surface area (Å²) in [7, 11) is 1.68. The predicted molar refractivity (Wildman–Crippen MR) is 50.7 cm³/mol. The molecule has 1 atom stereocenters. The van der Waals surface area contributed by atoms with Gasteiger partial charge >= 0.3 is 0 Å². The van der Waals surface area contributed by atoms with E-state index in [1.54, 1.807) is 11.4 Å². The third kappa shape index (κ3) is 3.70. The van der Waals surface area contributed by atoms with Crippen molar-refractivity contribution >= 4 is 11.3 Å². The minimum absolute atomic E-state index is 0.660. The second kappa shape index (κ2) is 5.66. The van der Waals surface area contributed by atoms with Gasteiger partial charge in [0.2, 0.25) is 11.3 Å². The van der Waals surface area contributed by atoms with Gasteiger partial charge in [0.05, 0.1) is 6.61 Å². The summed E-state index contributed by atoms with van der Waals surface area (Å²) in [5.41, 5.74) is 0. The molecule has 0 aromatic heterocycles. The van der Waals surface area contributed by atoms with E-state index in [-0.39, 0.29) is 0 Å². The number of hydrogen-bond acceptors (Lipinski definition) is 3. The second-order valence-electron chi connectivity index (χ2n) is 2.99. The Hall–Kier alpha value is -0.0100. The van der Waals surface area contributed by atoms with Crippen LogP contribution in [0.3, 0.4) is 0 Å². The van der Waals surface area contributed by atoms with Gasteiger partial charge in [0.1, 0.15) is 0 Å². The first kappa shape index (κ1) is 11.1. The zero-order valence-corrected chi connectivity index (χ0v) is 8.63. The Bertz CT molecular complexity index is 171. The van der Waals surface area contributed by atoms with Crippen LogP contribution >= 0.6 is 0 Å². The molecule has 1 rings (SSSR count). The topological polar surface area (TPSA) is 53.0 Å². The first-order chi connectivity index (χ1) is 6.24. The first-order valence-electron chi connectivity index (χ1n) is 4.31. The third-order valence-corrected chi connectivity index (χ3v) is 2.97. The molecule has 13 heavy (non-hydrogen) atoms. The van der Waals surface area contributed by atoms with Crippen LogP contribution in [0.15, 0.2) is 0 Å². The summed E-state index contributed by atoms with van der Waals surface area (Å²) >= 11 is -1.80. The van der Waals surface area contributed by atoms with Gasteiger partial charge in [-0.1, -0.05) is 0 Å². The molecule has 1 unspecified atom stereocenters. The summed E-state index contributed by atoms with van der Waals surface area (Å²) in [6, 6.07) is 0. The summed E-state index contributed by atoms with van der Waals surface area (Å²) in [4.78, 5) is 2.23. The number of ether oxygens (including phenoxy) is 1. The molecule has 0 aromatic carbocycles. The molecule has 1 aliphatic rings. The zero-order chi connectivity index (χ0) is 9.68. The molecule has 1 saturated heterocycles. The minimum atomic E-state index is -1.80. The summed E-state index contributed by atoms with van der Waals surface area (Å²) in [6.45, 7) is 4.63. The lowest BCUT2D eigenvalue weighted by molar-refractivity contribution is 0.122. The lowest BCUT2D eigenvalue weighted by Crippen LogP contribution is -2.47. The normalized spacial score (nSPS) is 23.2. The van der Waals surface area contributed by atoms with E-state index in [2.05, 4.69) is 4.90 Å². The smallest absolute Gasteiger partial charge is 0.234 e. The molecule has 0 radical (unpaired) electrons. The zero-order valence-electron chi connectivity index (χ0n) is 7.81. The number of nitrogens with zero attached hydrogens (tertiary/aromatic N) is 2. The van der Waals surface area contributed by atoms with Gasteiger partial charge in [-0.2, -0.15) is 4.31 Å². The van der Waals surface area contributed by atoms with Crippen LogP contribution in [0.5, 0.6) is 0 Å². The molecule has 0 spiro atoms. The molecule has 1 fully saturated rings. The average molecular weight is 208 g/mol. The summed E-state index contributed by atoms with van der Waals surface area (Å²) in [5.74, 6) is 0. The van der Waals surface area contributed by atoms with Crippen molar-refractivity contribution in [3.63, 3.8) is 0 Å². The molecule has 1 heterocycles. The lowest BCUT2D eigenvalue weighted by atomic mass is 10.4. The van der Waals surface area contributed by atoms with E-state index < -0.39 is 11.3 Å². The molecule has 0 aliphatic carbocycles. The van der Waals surface area contributed by atoms with E-state index in [1.165, 1.54) is 0 Å². The van der Waals surface area contributed by atoms with Gasteiger partial charge in [-0.25, -0.2) is 4.21 Å². The van der Waals surface area contributed by atoms with Crippen molar-refractivity contribution in [2.45, 2.75) is 0 Å². The van der Waals surface area contributed by atoms with Crippen LogP contribution in [-0.2, 0) is 16.0 Å². The van der Waals surface area contributed by atoms with Gasteiger partial charge < -0.3 is 4.74 Å². The molecule has 0 aromatic rings. The van der Waals surface area contributed by atoms with Crippen LogP contribution in [0.25, 0.3) is 0 Å². The highest BCUT2D eigenvalue weighted by Gasteiger charge is 2.19. The van der Waals surface area contributed by atoms with E-state index in [9.17, 15) is 4.21 Å². The van der Waals surface area contributed by atoms with E-state index in [0.29, 0.717) is 13.1 Å². The summed E-state index contributed by atoms with van der Waals surface area (Å²) in [6.07, 6.45) is 0. The Balaban J connectivity index is 2.18. The molecular formula is C7H16N2O3S. The van der Waals surface area contributed by atoms with Crippen molar-refractivity contribution in [1.82, 2.24) is 9.21 Å². The Morgan fingerprint density at radius 2 is 2.00 bits per heavy atom. The number of piperazine rings is 1. The second-order valence-corrected chi connectivity index (χ2v) is 3.97. The van der Waals surface area contributed by atoms with Crippen LogP contribution in [0.4, 0.5) is 0 Å². The van der Waals surface area contributed by atoms with Gasteiger partial charge in [-0.15, -0.1) is 0 Å². The number of methoxy groups -OCH3 is 1. The molecule has 0 bridgehead atoms. The highest BCUT2D eigenvalue weighted by atomic mass is 32.2. The highest BCUT2D eigenvalue weighted by Crippen LogP contribution is 2.02. The quantitative estimate of drug-likeness (QED) is 0.626. The van der Waals surface area contributed by atoms with E-state index >= 15 is 0 Å². The molecule has 0 saturated carbocycles. The molecule has 6 heteroatoms. The summed E-state index contributed by atoms with van der Waals surface area (Å²) in [5, 5.41) is 0. The van der Waals surface area contributed by atoms with Gasteiger partial charge in [0.25, 0.3) is 0 Å². The van der Waals surface area contributed by atoms with Gasteiger partial charge in [0.15, 0.2) is 0 Å². The monoisotopic (exact) mass is 208 g/mol. The fourth-order valence-electron chi connectivity index (χ4n) is 1.33. The third-order valence-electron chi connectivity index (χ3n) is 2.16. The lowest BCUT2D eigenvalue weighted by Gasteiger charge is -2.31. The van der Waals surface area contributed by atoms with Crippen molar-refractivity contribution in [2.24, 2.45) is 0 Å². The van der Waals surface area contributed by atoms with Crippen molar-refractivity contribution < 1.29 is 13.5 Å². The summed E-state index contributed by atoms with van der Waals surface area (Å²) < 4.78 is 26.0.